The quantitative estimate of drug-likeness (QED) is 0.0870. The van der Waals surface area contributed by atoms with E-state index in [2.05, 4.69) is 25.3 Å². The summed E-state index contributed by atoms with van der Waals surface area (Å²) in [6, 6.07) is 7.06. The van der Waals surface area contributed by atoms with E-state index in [9.17, 15) is 54.6 Å². The Morgan fingerprint density at radius 3 is 2.31 bits per heavy atom. The molecule has 0 saturated carbocycles. The second-order valence-corrected chi connectivity index (χ2v) is 18.8. The predicted molar refractivity (Wildman–Crippen MR) is 252 cm³/mol. The van der Waals surface area contributed by atoms with E-state index in [1.165, 1.54) is 31.4 Å². The Balaban J connectivity index is 0.000000196. The summed E-state index contributed by atoms with van der Waals surface area (Å²) >= 11 is 0. The molecular formula is C48H53N9O15. The molecule has 0 spiro atoms. The number of hydrogen-bond acceptors (Lipinski definition) is 21. The van der Waals surface area contributed by atoms with Gasteiger partial charge in [0.05, 0.1) is 52.9 Å². The highest BCUT2D eigenvalue weighted by molar-refractivity contribution is 6.31. The number of hydrogen-bond donors (Lipinski definition) is 10. The van der Waals surface area contributed by atoms with Gasteiger partial charge in [0.15, 0.2) is 22.8 Å². The van der Waals surface area contributed by atoms with Gasteiger partial charge in [-0.1, -0.05) is 0 Å². The van der Waals surface area contributed by atoms with Gasteiger partial charge >= 0.3 is 11.9 Å². The van der Waals surface area contributed by atoms with Crippen molar-refractivity contribution in [3.05, 3.63) is 92.8 Å². The molecule has 0 unspecified atom stereocenters. The number of methoxy groups -OCH3 is 1. The van der Waals surface area contributed by atoms with E-state index in [0.717, 1.165) is 5.69 Å². The molecule has 0 radical (unpaired) electrons. The van der Waals surface area contributed by atoms with Crippen LogP contribution in [0.1, 0.15) is 104 Å². The summed E-state index contributed by atoms with van der Waals surface area (Å²) in [5.74, 6) is -5.44. The largest absolute Gasteiger partial charge is 0.507 e. The third kappa shape index (κ3) is 9.03. The highest BCUT2D eigenvalue weighted by Crippen LogP contribution is 2.54. The third-order valence-corrected chi connectivity index (χ3v) is 13.4. The lowest BCUT2D eigenvalue weighted by molar-refractivity contribution is -0.311. The Kier molecular flexibility index (Phi) is 13.3. The molecule has 72 heavy (non-hydrogen) atoms. The molecule has 2 aliphatic carbocycles. The molecule has 9 rings (SSSR count). The van der Waals surface area contributed by atoms with Gasteiger partial charge in [-0.25, -0.2) is 14.8 Å². The predicted octanol–water partition coefficient (Wildman–Crippen LogP) is 1.14. The van der Waals surface area contributed by atoms with Gasteiger partial charge in [0, 0.05) is 61.4 Å². The lowest BCUT2D eigenvalue weighted by Crippen LogP contribution is -2.68. The van der Waals surface area contributed by atoms with Crippen LogP contribution in [0, 0.1) is 0 Å². The van der Waals surface area contributed by atoms with Crippen LogP contribution in [0.3, 0.4) is 0 Å². The SMILES string of the molecule is CN(Cc1cnc2nc(N)nc(N)c2n1)c1ccc(C(=O)N[C@@H](CCC(=O)O)C(=O)O)cc1.CO[C@@H]1C[C@](C)(O)Cc2cc3c(c(O)c21)C(=O)c1c(O)cc2c(c1C3=O)O[C@@H]1O[C@@]2(C)[C@H](O)[C@@H](N(C)C)[C@@H]1O. The molecule has 4 heterocycles. The minimum atomic E-state index is -1.50. The number of aliphatic carboxylic acids is 2. The maximum Gasteiger partial charge on any atom is 0.326 e. The molecular weight excluding hydrogens is 943 g/mol. The van der Waals surface area contributed by atoms with E-state index in [-0.39, 0.29) is 76.6 Å². The highest BCUT2D eigenvalue weighted by Gasteiger charge is 2.59. The van der Waals surface area contributed by atoms with Gasteiger partial charge < -0.3 is 76.5 Å². The number of carboxylic acid groups (broad SMARTS) is 2. The second kappa shape index (κ2) is 18.9. The van der Waals surface area contributed by atoms with Crippen LogP contribution in [0.5, 0.6) is 17.2 Å². The van der Waals surface area contributed by atoms with Crippen molar-refractivity contribution in [3.8, 4) is 17.2 Å². The van der Waals surface area contributed by atoms with E-state index in [4.69, 9.17) is 30.8 Å². The number of anilines is 3. The normalized spacial score (nSPS) is 24.1. The van der Waals surface area contributed by atoms with Gasteiger partial charge in [0.25, 0.3) is 5.91 Å². The average Bonchev–Trinajstić information content (AvgIpc) is 3.30. The number of amides is 1. The molecule has 4 aliphatic rings. The van der Waals surface area contributed by atoms with Crippen LogP contribution in [-0.2, 0) is 37.6 Å². The molecule has 8 atom stereocenters. The fraction of sp³-hybridized carbons (Fsp3) is 0.396. The lowest BCUT2D eigenvalue weighted by Gasteiger charge is -2.53. The summed E-state index contributed by atoms with van der Waals surface area (Å²) in [4.78, 5) is 82.2. The first-order valence-corrected chi connectivity index (χ1v) is 22.5. The smallest absolute Gasteiger partial charge is 0.326 e. The number of phenols is 2. The van der Waals surface area contributed by atoms with Gasteiger partial charge in [0.2, 0.25) is 18.0 Å². The number of aliphatic hydroxyl groups excluding tert-OH is 2. The van der Waals surface area contributed by atoms with Crippen molar-refractivity contribution in [2.24, 2.45) is 0 Å². The van der Waals surface area contributed by atoms with Crippen molar-refractivity contribution in [1.29, 1.82) is 0 Å². The molecule has 3 aromatic carbocycles. The second-order valence-electron chi connectivity index (χ2n) is 18.8. The summed E-state index contributed by atoms with van der Waals surface area (Å²) < 4.78 is 17.4. The van der Waals surface area contributed by atoms with E-state index in [1.807, 2.05) is 11.9 Å². The number of ketones is 2. The number of ether oxygens (including phenoxy) is 3. The Bertz CT molecular complexity index is 3060. The molecule has 2 aromatic heterocycles. The summed E-state index contributed by atoms with van der Waals surface area (Å²) in [7, 11) is 6.61. The van der Waals surface area contributed by atoms with Crippen LogP contribution < -0.4 is 26.4 Å². The monoisotopic (exact) mass is 995 g/mol. The Morgan fingerprint density at radius 2 is 1.67 bits per heavy atom. The molecule has 380 valence electrons. The first-order chi connectivity index (χ1) is 33.8. The first-order valence-electron chi connectivity index (χ1n) is 22.5. The van der Waals surface area contributed by atoms with Gasteiger partial charge in [-0.2, -0.15) is 9.97 Å². The van der Waals surface area contributed by atoms with Crippen LogP contribution in [-0.4, -0.2) is 154 Å². The topological polar surface area (TPSA) is 377 Å². The van der Waals surface area contributed by atoms with Crippen LogP contribution in [0.15, 0.2) is 42.6 Å². The molecule has 1 fully saturated rings. The van der Waals surface area contributed by atoms with Crippen LogP contribution in [0.4, 0.5) is 17.5 Å². The number of nitrogens with two attached hydrogens (primary N) is 2. The molecule has 24 heteroatoms. The minimum absolute atomic E-state index is 0.0138. The van der Waals surface area contributed by atoms with Crippen molar-refractivity contribution >= 4 is 58.0 Å². The van der Waals surface area contributed by atoms with Crippen molar-refractivity contribution in [2.45, 2.75) is 94.0 Å². The molecule has 24 nitrogen and oxygen atoms in total. The fourth-order valence-electron chi connectivity index (χ4n) is 9.79. The molecule has 2 bridgehead atoms. The average molecular weight is 996 g/mol. The Labute approximate surface area is 409 Å². The van der Waals surface area contributed by atoms with E-state index < -0.39 is 88.8 Å². The van der Waals surface area contributed by atoms with Gasteiger partial charge in [-0.05, 0) is 76.3 Å². The van der Waals surface area contributed by atoms with Crippen LogP contribution in [0.2, 0.25) is 0 Å². The van der Waals surface area contributed by atoms with Crippen molar-refractivity contribution in [2.75, 3.05) is 44.6 Å². The number of aromatic nitrogens is 4. The number of aromatic hydroxyl groups is 2. The fourth-order valence-corrected chi connectivity index (χ4v) is 9.79. The Hall–Kier alpha value is -7.61. The maximum atomic E-state index is 14.1. The number of benzene rings is 3. The molecule has 1 saturated heterocycles. The summed E-state index contributed by atoms with van der Waals surface area (Å²) in [6.45, 7) is 3.56. The van der Waals surface area contributed by atoms with Crippen LogP contribution in [0.25, 0.3) is 11.2 Å². The maximum absolute atomic E-state index is 14.1. The summed E-state index contributed by atoms with van der Waals surface area (Å²) in [6.07, 6.45) is -3.33. The summed E-state index contributed by atoms with van der Waals surface area (Å²) in [5.41, 5.74) is 10.9. The highest BCUT2D eigenvalue weighted by atomic mass is 16.7. The number of carbonyl (C=O) groups is 5. The number of likely N-dealkylation sites (N-methyl/N-ethyl adjacent to an activating group) is 1. The number of carbonyl (C=O) groups excluding carboxylic acids is 3. The number of fused-ring (bicyclic) bond motifs is 9. The number of nitrogens with zero attached hydrogens (tertiary/aromatic N) is 6. The molecule has 5 aromatic rings. The zero-order valence-corrected chi connectivity index (χ0v) is 39.8. The Morgan fingerprint density at radius 1 is 0.972 bits per heavy atom. The van der Waals surface area contributed by atoms with E-state index in [1.54, 1.807) is 51.2 Å². The van der Waals surface area contributed by atoms with Gasteiger partial charge in [0.1, 0.15) is 41.1 Å². The number of nitrogen functional groups attached to an aromatic ring is 2. The van der Waals surface area contributed by atoms with Gasteiger partial charge in [-0.15, -0.1) is 0 Å². The zero-order chi connectivity index (χ0) is 52.5. The van der Waals surface area contributed by atoms with E-state index >= 15 is 0 Å². The zero-order valence-electron chi connectivity index (χ0n) is 39.8. The van der Waals surface area contributed by atoms with Crippen molar-refractivity contribution < 1.29 is 73.9 Å². The number of nitrogens with one attached hydrogen (secondary N) is 1. The van der Waals surface area contributed by atoms with Crippen LogP contribution >= 0.6 is 0 Å². The number of rotatable bonds is 11. The van der Waals surface area contributed by atoms with Crippen molar-refractivity contribution in [3.63, 3.8) is 0 Å². The number of phenolic OH excluding ortho intramolecular Hbond substituents is 2. The number of carboxylic acids is 2. The van der Waals surface area contributed by atoms with E-state index in [0.29, 0.717) is 34.5 Å². The summed E-state index contributed by atoms with van der Waals surface area (Å²) in [5, 5.41) is 75.6. The first kappa shape index (κ1) is 50.8. The number of aliphatic hydroxyl groups is 3. The molecule has 1 amide bonds. The standard InChI is InChI=1S/C28H31NO10.C20H22N8O5/c1-27(36)8-10-6-11-16(21(32)15(10)14(9-27)37-5)22(33)17-13(30)7-12-24(18(17)20(11)31)38-26-23(34)19(29(3)4)25(35)28(12,2)39-26;1-28(9-11-8-23-17-15(24-11)16(21)26-20(22)27-17)12-4-2-10(3-5-12)18(31)25-13(19(32)33)6-7-14(29)30/h6-7,14,19,23,25-26,30,32,34-36H,8-9H2,1-5H3;2-5,8,13H,6-7,9H2,1H3,(H,25,31)(H,29,30)(H,32,33)(H4,21,22,23,26,27)/t14-,19+,23+,25-,26-,27-,28-;13-/m10/s1. The minimum Gasteiger partial charge on any atom is -0.507 e. The molecule has 12 N–H and O–H groups in total. The molecule has 2 aliphatic heterocycles. The lowest BCUT2D eigenvalue weighted by atomic mass is 9.72. The van der Waals surface area contributed by atoms with Gasteiger partial charge in [-0.3, -0.25) is 19.2 Å². The van der Waals surface area contributed by atoms with Crippen molar-refractivity contribution in [1.82, 2.24) is 30.2 Å². The third-order valence-electron chi connectivity index (χ3n) is 13.4.